The summed E-state index contributed by atoms with van der Waals surface area (Å²) >= 11 is 9.28. The van der Waals surface area contributed by atoms with Gasteiger partial charge in [-0.3, -0.25) is 9.59 Å². The average molecular weight is 493 g/mol. The number of anilines is 1. The van der Waals surface area contributed by atoms with Crippen LogP contribution in [0.15, 0.2) is 40.4 Å². The molecule has 7 nitrogen and oxygen atoms in total. The highest BCUT2D eigenvalue weighted by atomic mass is 79.9. The third-order valence-corrected chi connectivity index (χ3v) is 4.63. The third-order valence-electron chi connectivity index (χ3n) is 3.80. The minimum Gasteiger partial charge on any atom is -0.490 e. The molecule has 0 aliphatic rings. The molecule has 2 aromatic carbocycles. The molecule has 2 rings (SSSR count). The second-order valence-electron chi connectivity index (χ2n) is 6.10. The zero-order valence-electron chi connectivity index (χ0n) is 16.3. The fraction of sp³-hybridized carbons (Fsp3) is 0.190. The number of aryl methyl sites for hydroxylation is 1. The molecule has 0 saturated heterocycles. The van der Waals surface area contributed by atoms with Crippen LogP contribution >= 0.6 is 27.5 Å². The number of benzene rings is 2. The molecule has 2 aromatic rings. The number of carbonyl (C=O) groups excluding carboxylic acids is 2. The Labute approximate surface area is 187 Å². The molecule has 0 saturated carbocycles. The maximum Gasteiger partial charge on any atom is 0.266 e. The van der Waals surface area contributed by atoms with Crippen molar-refractivity contribution in [1.82, 2.24) is 0 Å². The molecule has 0 bridgehead atoms. The first-order chi connectivity index (χ1) is 14.2. The van der Waals surface area contributed by atoms with Crippen LogP contribution in [0.2, 0.25) is 5.02 Å². The van der Waals surface area contributed by atoms with Crippen molar-refractivity contribution in [2.45, 2.75) is 13.8 Å². The zero-order chi connectivity index (χ0) is 22.3. The highest BCUT2D eigenvalue weighted by Gasteiger charge is 2.15. The standard InChI is InChI=1S/C21H19BrClN3O4/c1-3-29-18-9-13(8-16(22)20(18)30-11-19(25)27)7-14(10-24)21(28)26-17-5-4-15(23)6-12(17)2/h4-9H,3,11H2,1-2H3,(H2,25,27)(H,26,28)/b14-7+. The van der Waals surface area contributed by atoms with Crippen LogP contribution in [0.1, 0.15) is 18.1 Å². The van der Waals surface area contributed by atoms with Crippen LogP contribution in [0, 0.1) is 18.3 Å². The average Bonchev–Trinajstić information content (AvgIpc) is 2.67. The predicted octanol–water partition coefficient (Wildman–Crippen LogP) is 4.22. The summed E-state index contributed by atoms with van der Waals surface area (Å²) in [5.41, 5.74) is 6.87. The van der Waals surface area contributed by atoms with Crippen LogP contribution in [0.3, 0.4) is 0 Å². The molecule has 156 valence electrons. The van der Waals surface area contributed by atoms with Gasteiger partial charge in [-0.15, -0.1) is 0 Å². The molecule has 2 amide bonds. The normalized spacial score (nSPS) is 10.8. The lowest BCUT2D eigenvalue weighted by molar-refractivity contribution is -0.120. The van der Waals surface area contributed by atoms with E-state index in [1.54, 1.807) is 44.2 Å². The van der Waals surface area contributed by atoms with Crippen molar-refractivity contribution in [1.29, 1.82) is 5.26 Å². The number of rotatable bonds is 8. The van der Waals surface area contributed by atoms with E-state index in [0.717, 1.165) is 5.56 Å². The Balaban J connectivity index is 2.34. The molecule has 0 heterocycles. The van der Waals surface area contributed by atoms with Gasteiger partial charge in [0.05, 0.1) is 11.1 Å². The van der Waals surface area contributed by atoms with Crippen LogP contribution in [-0.2, 0) is 9.59 Å². The monoisotopic (exact) mass is 491 g/mol. The molecule has 0 unspecified atom stereocenters. The van der Waals surface area contributed by atoms with E-state index in [1.807, 2.05) is 6.07 Å². The lowest BCUT2D eigenvalue weighted by Crippen LogP contribution is -2.20. The number of nitrogens with two attached hydrogens (primary N) is 1. The van der Waals surface area contributed by atoms with Crippen LogP contribution in [0.5, 0.6) is 11.5 Å². The minimum atomic E-state index is -0.630. The van der Waals surface area contributed by atoms with Gasteiger partial charge in [-0.1, -0.05) is 11.6 Å². The number of halogens is 2. The molecule has 0 atom stereocenters. The van der Waals surface area contributed by atoms with E-state index in [2.05, 4.69) is 21.2 Å². The van der Waals surface area contributed by atoms with Crippen molar-refractivity contribution in [3.8, 4) is 17.6 Å². The summed E-state index contributed by atoms with van der Waals surface area (Å²) in [4.78, 5) is 23.6. The second kappa shape index (κ2) is 10.7. The van der Waals surface area contributed by atoms with E-state index in [9.17, 15) is 14.9 Å². The number of hydrogen-bond acceptors (Lipinski definition) is 5. The molecular weight excluding hydrogens is 474 g/mol. The highest BCUT2D eigenvalue weighted by molar-refractivity contribution is 9.10. The quantitative estimate of drug-likeness (QED) is 0.423. The Morgan fingerprint density at radius 1 is 1.30 bits per heavy atom. The number of amides is 2. The number of nitrogens with zero attached hydrogens (tertiary/aromatic N) is 1. The lowest BCUT2D eigenvalue weighted by atomic mass is 10.1. The van der Waals surface area contributed by atoms with Gasteiger partial charge in [-0.2, -0.15) is 5.26 Å². The predicted molar refractivity (Wildman–Crippen MR) is 118 cm³/mol. The van der Waals surface area contributed by atoms with Crippen molar-refractivity contribution in [2.24, 2.45) is 5.73 Å². The van der Waals surface area contributed by atoms with Crippen molar-refractivity contribution in [2.75, 3.05) is 18.5 Å². The van der Waals surface area contributed by atoms with Gasteiger partial charge in [-0.05, 0) is 77.3 Å². The van der Waals surface area contributed by atoms with Gasteiger partial charge in [0.25, 0.3) is 11.8 Å². The van der Waals surface area contributed by atoms with Crippen molar-refractivity contribution in [3.63, 3.8) is 0 Å². The van der Waals surface area contributed by atoms with E-state index in [1.165, 1.54) is 6.08 Å². The zero-order valence-corrected chi connectivity index (χ0v) is 18.6. The van der Waals surface area contributed by atoms with Crippen molar-refractivity contribution < 1.29 is 19.1 Å². The molecule has 3 N–H and O–H groups in total. The van der Waals surface area contributed by atoms with E-state index >= 15 is 0 Å². The number of primary amides is 1. The van der Waals surface area contributed by atoms with E-state index in [4.69, 9.17) is 26.8 Å². The van der Waals surface area contributed by atoms with Crippen molar-refractivity contribution in [3.05, 3.63) is 56.5 Å². The Hall–Kier alpha value is -3.02. The van der Waals surface area contributed by atoms with E-state index < -0.39 is 11.8 Å². The summed E-state index contributed by atoms with van der Waals surface area (Å²) in [7, 11) is 0. The fourth-order valence-corrected chi connectivity index (χ4v) is 3.29. The van der Waals surface area contributed by atoms with E-state index in [0.29, 0.717) is 38.9 Å². The van der Waals surface area contributed by atoms with Gasteiger partial charge >= 0.3 is 0 Å². The summed E-state index contributed by atoms with van der Waals surface area (Å²) < 4.78 is 11.4. The molecule has 0 radical (unpaired) electrons. The first-order valence-electron chi connectivity index (χ1n) is 8.81. The summed E-state index contributed by atoms with van der Waals surface area (Å²) in [5.74, 6) is -0.557. The fourth-order valence-electron chi connectivity index (χ4n) is 2.49. The second-order valence-corrected chi connectivity index (χ2v) is 7.39. The summed E-state index contributed by atoms with van der Waals surface area (Å²) in [6.07, 6.45) is 1.42. The maximum atomic E-state index is 12.6. The van der Waals surface area contributed by atoms with Gasteiger partial charge < -0.3 is 20.5 Å². The molecule has 30 heavy (non-hydrogen) atoms. The van der Waals surface area contributed by atoms with Crippen LogP contribution in [-0.4, -0.2) is 25.0 Å². The van der Waals surface area contributed by atoms with Crippen molar-refractivity contribution >= 4 is 51.1 Å². The molecule has 0 fully saturated rings. The number of nitriles is 1. The number of hydrogen-bond donors (Lipinski definition) is 2. The number of nitrogens with one attached hydrogen (secondary N) is 1. The van der Waals surface area contributed by atoms with Gasteiger partial charge in [0.1, 0.15) is 11.6 Å². The van der Waals surface area contributed by atoms with Gasteiger partial charge in [-0.25, -0.2) is 0 Å². The smallest absolute Gasteiger partial charge is 0.266 e. The molecule has 0 spiro atoms. The van der Waals surface area contributed by atoms with Crippen LogP contribution in [0.4, 0.5) is 5.69 Å². The van der Waals surface area contributed by atoms with Gasteiger partial charge in [0.15, 0.2) is 18.1 Å². The number of carbonyl (C=O) groups is 2. The van der Waals surface area contributed by atoms with Crippen LogP contribution in [0.25, 0.3) is 6.08 Å². The lowest BCUT2D eigenvalue weighted by Gasteiger charge is -2.14. The Morgan fingerprint density at radius 3 is 2.63 bits per heavy atom. The van der Waals surface area contributed by atoms with E-state index in [-0.39, 0.29) is 12.2 Å². The Bertz CT molecular complexity index is 1050. The first kappa shape index (κ1) is 23.3. The Kier molecular flexibility index (Phi) is 8.27. The first-order valence-corrected chi connectivity index (χ1v) is 9.99. The highest BCUT2D eigenvalue weighted by Crippen LogP contribution is 2.37. The molecule has 0 aliphatic heterocycles. The SMILES string of the molecule is CCOc1cc(/C=C(\C#N)C(=O)Nc2ccc(Cl)cc2C)cc(Br)c1OCC(N)=O. The largest absolute Gasteiger partial charge is 0.490 e. The van der Waals surface area contributed by atoms with Gasteiger partial charge in [0, 0.05) is 10.7 Å². The topological polar surface area (TPSA) is 114 Å². The van der Waals surface area contributed by atoms with Crippen LogP contribution < -0.4 is 20.5 Å². The summed E-state index contributed by atoms with van der Waals surface area (Å²) in [6.45, 7) is 3.61. The maximum absolute atomic E-state index is 12.6. The molecule has 9 heteroatoms. The van der Waals surface area contributed by atoms with Gasteiger partial charge in [0.2, 0.25) is 0 Å². The molecular formula is C21H19BrClN3O4. The molecule has 0 aliphatic carbocycles. The summed E-state index contributed by atoms with van der Waals surface area (Å²) in [5, 5.41) is 12.7. The number of ether oxygens (including phenoxy) is 2. The minimum absolute atomic E-state index is 0.107. The third kappa shape index (κ3) is 6.24. The summed E-state index contributed by atoms with van der Waals surface area (Å²) in [6, 6.07) is 10.2. The Morgan fingerprint density at radius 2 is 2.03 bits per heavy atom. The molecule has 0 aromatic heterocycles.